The maximum Gasteiger partial charge on any atom is 0.150 e. The minimum absolute atomic E-state index is 0.252. The summed E-state index contributed by atoms with van der Waals surface area (Å²) in [5.41, 5.74) is 7.97. The highest BCUT2D eigenvalue weighted by Crippen LogP contribution is 2.15. The third-order valence-corrected chi connectivity index (χ3v) is 2.67. The van der Waals surface area contributed by atoms with Crippen LogP contribution in [0, 0.1) is 11.8 Å². The zero-order chi connectivity index (χ0) is 13.0. The molecule has 90 valence electrons. The molecular weight excluding hydrogens is 248 g/mol. The standard InChI is InChI=1S/C13H11ClN4/c1-2-9-5-6-16-10(7-9)3-4-11-12(14)17-8-18-13(11)15/h5-8H,2H2,1H3,(H2,15,17,18). The van der Waals surface area contributed by atoms with E-state index in [1.807, 2.05) is 12.1 Å². The van der Waals surface area contributed by atoms with Crippen LogP contribution in [0.25, 0.3) is 0 Å². The zero-order valence-electron chi connectivity index (χ0n) is 9.81. The van der Waals surface area contributed by atoms with Gasteiger partial charge in [0.05, 0.1) is 0 Å². The van der Waals surface area contributed by atoms with E-state index < -0.39 is 0 Å². The highest BCUT2D eigenvalue weighted by Gasteiger charge is 2.03. The predicted octanol–water partition coefficient (Wildman–Crippen LogP) is 2.07. The van der Waals surface area contributed by atoms with E-state index in [9.17, 15) is 0 Å². The SMILES string of the molecule is CCc1ccnc(C#Cc2c(N)ncnc2Cl)c1. The minimum atomic E-state index is 0.252. The van der Waals surface area contributed by atoms with Crippen molar-refractivity contribution in [2.24, 2.45) is 0 Å². The first kappa shape index (κ1) is 12.3. The summed E-state index contributed by atoms with van der Waals surface area (Å²) in [5.74, 6) is 6.04. The summed E-state index contributed by atoms with van der Waals surface area (Å²) in [4.78, 5) is 11.8. The number of halogens is 1. The number of hydrogen-bond acceptors (Lipinski definition) is 4. The maximum atomic E-state index is 5.90. The van der Waals surface area contributed by atoms with Crippen LogP contribution >= 0.6 is 11.6 Å². The van der Waals surface area contributed by atoms with E-state index in [1.165, 1.54) is 11.9 Å². The van der Waals surface area contributed by atoms with Crippen molar-refractivity contribution in [1.82, 2.24) is 15.0 Å². The van der Waals surface area contributed by atoms with Gasteiger partial charge in [-0.2, -0.15) is 0 Å². The second-order valence-electron chi connectivity index (χ2n) is 3.58. The average molecular weight is 259 g/mol. The molecule has 2 aromatic heterocycles. The number of nitrogens with zero attached hydrogens (tertiary/aromatic N) is 3. The third kappa shape index (κ3) is 2.76. The molecule has 2 rings (SSSR count). The summed E-state index contributed by atoms with van der Waals surface area (Å²) in [7, 11) is 0. The average Bonchev–Trinajstić information content (AvgIpc) is 2.38. The number of aromatic nitrogens is 3. The molecule has 0 fully saturated rings. The van der Waals surface area contributed by atoms with Crippen molar-refractivity contribution in [1.29, 1.82) is 0 Å². The van der Waals surface area contributed by atoms with Gasteiger partial charge in [0.25, 0.3) is 0 Å². The first-order valence-electron chi connectivity index (χ1n) is 5.43. The van der Waals surface area contributed by atoms with Crippen LogP contribution in [-0.4, -0.2) is 15.0 Å². The Morgan fingerprint density at radius 2 is 2.11 bits per heavy atom. The summed E-state index contributed by atoms with van der Waals surface area (Å²) in [6.07, 6.45) is 3.97. The summed E-state index contributed by atoms with van der Waals surface area (Å²) >= 11 is 5.90. The maximum absolute atomic E-state index is 5.90. The van der Waals surface area contributed by atoms with E-state index in [0.717, 1.165) is 6.42 Å². The Labute approximate surface area is 110 Å². The number of nitrogen functional groups attached to an aromatic ring is 1. The van der Waals surface area contributed by atoms with Gasteiger partial charge < -0.3 is 5.73 Å². The van der Waals surface area contributed by atoms with Crippen LogP contribution in [0.3, 0.4) is 0 Å². The molecule has 2 heterocycles. The van der Waals surface area contributed by atoms with Crippen molar-refractivity contribution in [2.75, 3.05) is 5.73 Å². The highest BCUT2D eigenvalue weighted by molar-refractivity contribution is 6.30. The van der Waals surface area contributed by atoms with Crippen molar-refractivity contribution >= 4 is 17.4 Å². The van der Waals surface area contributed by atoms with Crippen LogP contribution in [0.15, 0.2) is 24.7 Å². The largest absolute Gasteiger partial charge is 0.383 e. The molecule has 0 saturated carbocycles. The summed E-state index contributed by atoms with van der Waals surface area (Å²) in [6, 6.07) is 3.89. The molecule has 0 aliphatic carbocycles. The van der Waals surface area contributed by atoms with Crippen LogP contribution in [0.2, 0.25) is 5.15 Å². The normalized spacial score (nSPS) is 9.67. The molecule has 0 amide bonds. The molecular formula is C13H11ClN4. The van der Waals surface area contributed by atoms with Gasteiger partial charge in [0.2, 0.25) is 0 Å². The lowest BCUT2D eigenvalue weighted by Crippen LogP contribution is -1.96. The molecule has 4 nitrogen and oxygen atoms in total. The first-order chi connectivity index (χ1) is 8.70. The summed E-state index contributed by atoms with van der Waals surface area (Å²) in [5, 5.41) is 0.252. The molecule has 18 heavy (non-hydrogen) atoms. The van der Waals surface area contributed by atoms with Crippen molar-refractivity contribution in [3.05, 3.63) is 46.6 Å². The van der Waals surface area contributed by atoms with Gasteiger partial charge in [0.15, 0.2) is 0 Å². The van der Waals surface area contributed by atoms with Gasteiger partial charge in [0.1, 0.15) is 28.6 Å². The van der Waals surface area contributed by atoms with Crippen LogP contribution in [0.4, 0.5) is 5.82 Å². The predicted molar refractivity (Wildman–Crippen MR) is 71.0 cm³/mol. The van der Waals surface area contributed by atoms with Crippen LogP contribution in [-0.2, 0) is 6.42 Å². The number of pyridine rings is 1. The van der Waals surface area contributed by atoms with Gasteiger partial charge in [0, 0.05) is 6.20 Å². The molecule has 2 N–H and O–H groups in total. The second-order valence-corrected chi connectivity index (χ2v) is 3.94. The summed E-state index contributed by atoms with van der Waals surface area (Å²) < 4.78 is 0. The van der Waals surface area contributed by atoms with Crippen molar-refractivity contribution < 1.29 is 0 Å². The molecule has 2 aromatic rings. The van der Waals surface area contributed by atoms with Gasteiger partial charge in [-0.05, 0) is 30.0 Å². The van der Waals surface area contributed by atoms with Crippen LogP contribution in [0.5, 0.6) is 0 Å². The van der Waals surface area contributed by atoms with E-state index in [0.29, 0.717) is 11.3 Å². The lowest BCUT2D eigenvalue weighted by Gasteiger charge is -1.98. The highest BCUT2D eigenvalue weighted by atomic mass is 35.5. The lowest BCUT2D eigenvalue weighted by molar-refractivity contribution is 1.11. The molecule has 0 aliphatic heterocycles. The third-order valence-electron chi connectivity index (χ3n) is 2.38. The van der Waals surface area contributed by atoms with E-state index >= 15 is 0 Å². The van der Waals surface area contributed by atoms with Gasteiger partial charge in [-0.1, -0.05) is 24.4 Å². The van der Waals surface area contributed by atoms with Crippen LogP contribution < -0.4 is 5.73 Å². The number of hydrogen-bond donors (Lipinski definition) is 1. The molecule has 0 spiro atoms. The molecule has 0 atom stereocenters. The fourth-order valence-electron chi connectivity index (χ4n) is 1.38. The van der Waals surface area contributed by atoms with Crippen molar-refractivity contribution in [3.63, 3.8) is 0 Å². The van der Waals surface area contributed by atoms with Crippen LogP contribution in [0.1, 0.15) is 23.7 Å². The first-order valence-corrected chi connectivity index (χ1v) is 5.81. The molecule has 0 aliphatic rings. The quantitative estimate of drug-likeness (QED) is 0.628. The number of aryl methyl sites for hydroxylation is 1. The van der Waals surface area contributed by atoms with Gasteiger partial charge in [-0.15, -0.1) is 0 Å². The Kier molecular flexibility index (Phi) is 3.75. The lowest BCUT2D eigenvalue weighted by atomic mass is 10.2. The molecule has 0 bridgehead atoms. The molecule has 5 heteroatoms. The van der Waals surface area contributed by atoms with Crippen molar-refractivity contribution in [3.8, 4) is 11.8 Å². The van der Waals surface area contributed by atoms with E-state index in [2.05, 4.69) is 33.7 Å². The van der Waals surface area contributed by atoms with E-state index in [-0.39, 0.29) is 11.0 Å². The molecule has 0 radical (unpaired) electrons. The molecule has 0 unspecified atom stereocenters. The number of anilines is 1. The monoisotopic (exact) mass is 258 g/mol. The fourth-order valence-corrected chi connectivity index (χ4v) is 1.57. The second kappa shape index (κ2) is 5.48. The number of rotatable bonds is 1. The van der Waals surface area contributed by atoms with E-state index in [1.54, 1.807) is 6.20 Å². The Balaban J connectivity index is 2.37. The fraction of sp³-hybridized carbons (Fsp3) is 0.154. The van der Waals surface area contributed by atoms with Gasteiger partial charge >= 0.3 is 0 Å². The Morgan fingerprint density at radius 3 is 2.83 bits per heavy atom. The molecule has 0 aromatic carbocycles. The molecule has 0 saturated heterocycles. The smallest absolute Gasteiger partial charge is 0.150 e. The number of nitrogens with two attached hydrogens (primary N) is 1. The zero-order valence-corrected chi connectivity index (χ0v) is 10.6. The van der Waals surface area contributed by atoms with Gasteiger partial charge in [-0.3, -0.25) is 0 Å². The Morgan fingerprint density at radius 1 is 1.28 bits per heavy atom. The summed E-state index contributed by atoms with van der Waals surface area (Å²) in [6.45, 7) is 2.08. The Bertz CT molecular complexity index is 608. The van der Waals surface area contributed by atoms with Gasteiger partial charge in [-0.25, -0.2) is 15.0 Å². The van der Waals surface area contributed by atoms with E-state index in [4.69, 9.17) is 17.3 Å². The topological polar surface area (TPSA) is 64.7 Å². The van der Waals surface area contributed by atoms with Crippen molar-refractivity contribution in [2.45, 2.75) is 13.3 Å². The minimum Gasteiger partial charge on any atom is -0.383 e. The Hall–Kier alpha value is -2.12.